The lowest BCUT2D eigenvalue weighted by molar-refractivity contribution is 0.0945. The first-order valence-corrected chi connectivity index (χ1v) is 11.8. The highest BCUT2D eigenvalue weighted by atomic mass is 16.1. The molecule has 2 aromatic heterocycles. The summed E-state index contributed by atoms with van der Waals surface area (Å²) in [6, 6.07) is 27.4. The molecular weight excluding hydrogens is 446 g/mol. The van der Waals surface area contributed by atoms with Crippen molar-refractivity contribution >= 4 is 33.4 Å². The molecule has 6 aromatic rings. The predicted octanol–water partition coefficient (Wildman–Crippen LogP) is 5.86. The Kier molecular flexibility index (Phi) is 4.41. The normalized spacial score (nSPS) is 14.1. The van der Waals surface area contributed by atoms with Gasteiger partial charge in [-0.05, 0) is 57.3 Å². The van der Waals surface area contributed by atoms with Crippen LogP contribution in [-0.2, 0) is 0 Å². The number of carbonyl (C=O) groups excluding carboxylic acids is 1. The lowest BCUT2D eigenvalue weighted by Gasteiger charge is -2.17. The number of hydrogen-bond donors (Lipinski definition) is 3. The number of nitrogens with two attached hydrogens (primary N) is 1. The van der Waals surface area contributed by atoms with Crippen molar-refractivity contribution in [2.45, 2.75) is 6.04 Å². The maximum atomic E-state index is 13.6. The number of aromatic amines is 1. The highest BCUT2D eigenvalue weighted by molar-refractivity contribution is 6.08. The standard InChI is InChI=1S/C30H21N5O/c31-18-11-12-19-17(15-18)5-3-8-22(19)30(36)35-28-21-7-2-1-6-20(21)27-23(28)9-4-10-24(27)29-33-25-13-14-32-16-26(25)34-29/h1-16,28H,31H2,(H,33,34)(H,35,36). The number of amides is 1. The maximum absolute atomic E-state index is 13.6. The van der Waals surface area contributed by atoms with E-state index in [1.165, 1.54) is 0 Å². The van der Waals surface area contributed by atoms with Crippen LogP contribution in [0.25, 0.3) is 44.3 Å². The van der Waals surface area contributed by atoms with E-state index in [1.54, 1.807) is 12.4 Å². The molecule has 7 rings (SSSR count). The molecular formula is C30H21N5O. The van der Waals surface area contributed by atoms with E-state index in [-0.39, 0.29) is 11.9 Å². The number of imidazole rings is 1. The van der Waals surface area contributed by atoms with Gasteiger partial charge in [-0.25, -0.2) is 4.98 Å². The van der Waals surface area contributed by atoms with Gasteiger partial charge in [0.2, 0.25) is 0 Å². The molecule has 4 N–H and O–H groups in total. The molecule has 0 aliphatic heterocycles. The van der Waals surface area contributed by atoms with Crippen LogP contribution in [0, 0.1) is 0 Å². The van der Waals surface area contributed by atoms with Crippen LogP contribution in [0.5, 0.6) is 0 Å². The van der Waals surface area contributed by atoms with E-state index >= 15 is 0 Å². The second-order valence-electron chi connectivity index (χ2n) is 9.03. The molecule has 1 atom stereocenters. The number of pyridine rings is 1. The number of H-pyrrole nitrogens is 1. The molecule has 0 fully saturated rings. The molecule has 6 heteroatoms. The molecule has 1 amide bonds. The average molecular weight is 468 g/mol. The van der Waals surface area contributed by atoms with Gasteiger partial charge in [-0.1, -0.05) is 60.7 Å². The third kappa shape index (κ3) is 3.08. The van der Waals surface area contributed by atoms with Crippen LogP contribution in [0.2, 0.25) is 0 Å². The maximum Gasteiger partial charge on any atom is 0.252 e. The van der Waals surface area contributed by atoms with Crippen LogP contribution in [0.4, 0.5) is 5.69 Å². The summed E-state index contributed by atoms with van der Waals surface area (Å²) in [5.41, 5.74) is 14.3. The Labute approximate surface area is 206 Å². The molecule has 1 aliphatic rings. The van der Waals surface area contributed by atoms with Gasteiger partial charge in [0.1, 0.15) is 5.82 Å². The van der Waals surface area contributed by atoms with E-state index in [1.807, 2.05) is 60.7 Å². The molecule has 36 heavy (non-hydrogen) atoms. The predicted molar refractivity (Wildman–Crippen MR) is 142 cm³/mol. The van der Waals surface area contributed by atoms with Crippen LogP contribution in [-0.4, -0.2) is 20.9 Å². The Bertz CT molecular complexity index is 1790. The molecule has 4 aromatic carbocycles. The number of nitrogen functional groups attached to an aromatic ring is 1. The Balaban J connectivity index is 1.35. The number of nitrogens with one attached hydrogen (secondary N) is 2. The van der Waals surface area contributed by atoms with Crippen LogP contribution < -0.4 is 11.1 Å². The summed E-state index contributed by atoms with van der Waals surface area (Å²) >= 11 is 0. The fraction of sp³-hybridized carbons (Fsp3) is 0.0333. The second-order valence-corrected chi connectivity index (χ2v) is 9.03. The number of fused-ring (bicyclic) bond motifs is 5. The lowest BCUT2D eigenvalue weighted by atomic mass is 9.98. The average Bonchev–Trinajstić information content (AvgIpc) is 3.48. The summed E-state index contributed by atoms with van der Waals surface area (Å²) in [6.45, 7) is 0. The number of aromatic nitrogens is 3. The van der Waals surface area contributed by atoms with Gasteiger partial charge >= 0.3 is 0 Å². The zero-order chi connectivity index (χ0) is 24.2. The van der Waals surface area contributed by atoms with Crippen LogP contribution in [0.15, 0.2) is 97.3 Å². The zero-order valence-electron chi connectivity index (χ0n) is 19.2. The van der Waals surface area contributed by atoms with Gasteiger partial charge in [0, 0.05) is 23.0 Å². The van der Waals surface area contributed by atoms with E-state index in [2.05, 4.69) is 39.6 Å². The lowest BCUT2D eigenvalue weighted by Crippen LogP contribution is -2.28. The molecule has 0 saturated carbocycles. The van der Waals surface area contributed by atoms with Crippen molar-refractivity contribution < 1.29 is 4.79 Å². The number of hydrogen-bond acceptors (Lipinski definition) is 4. The van der Waals surface area contributed by atoms with Crippen molar-refractivity contribution in [2.24, 2.45) is 0 Å². The minimum absolute atomic E-state index is 0.127. The Hall–Kier alpha value is -4.97. The quantitative estimate of drug-likeness (QED) is 0.284. The Morgan fingerprint density at radius 3 is 2.64 bits per heavy atom. The molecule has 2 heterocycles. The van der Waals surface area contributed by atoms with Crippen LogP contribution in [0.1, 0.15) is 27.5 Å². The van der Waals surface area contributed by atoms with Gasteiger partial charge in [0.05, 0.1) is 23.3 Å². The van der Waals surface area contributed by atoms with Gasteiger partial charge in [-0.15, -0.1) is 0 Å². The van der Waals surface area contributed by atoms with Gasteiger partial charge in [0.15, 0.2) is 0 Å². The third-order valence-corrected chi connectivity index (χ3v) is 6.91. The second kappa shape index (κ2) is 7.78. The minimum Gasteiger partial charge on any atom is -0.399 e. The molecule has 0 radical (unpaired) electrons. The summed E-state index contributed by atoms with van der Waals surface area (Å²) in [5, 5.41) is 5.13. The van der Waals surface area contributed by atoms with E-state index < -0.39 is 0 Å². The number of nitrogens with zero attached hydrogens (tertiary/aromatic N) is 2. The van der Waals surface area contributed by atoms with Gasteiger partial charge in [-0.3, -0.25) is 9.78 Å². The highest BCUT2D eigenvalue weighted by Gasteiger charge is 2.32. The minimum atomic E-state index is -0.279. The van der Waals surface area contributed by atoms with E-state index in [0.29, 0.717) is 11.3 Å². The molecule has 172 valence electrons. The monoisotopic (exact) mass is 467 g/mol. The van der Waals surface area contributed by atoms with Crippen molar-refractivity contribution in [1.82, 2.24) is 20.3 Å². The topological polar surface area (TPSA) is 96.7 Å². The highest BCUT2D eigenvalue weighted by Crippen LogP contribution is 2.47. The largest absolute Gasteiger partial charge is 0.399 e. The first-order valence-electron chi connectivity index (χ1n) is 11.8. The van der Waals surface area contributed by atoms with Crippen LogP contribution in [0.3, 0.4) is 0 Å². The van der Waals surface area contributed by atoms with E-state index in [0.717, 1.165) is 55.4 Å². The fourth-order valence-electron chi connectivity index (χ4n) is 5.30. The van der Waals surface area contributed by atoms with Gasteiger partial charge < -0.3 is 16.0 Å². The summed E-state index contributed by atoms with van der Waals surface area (Å²) in [4.78, 5) is 26.0. The molecule has 0 spiro atoms. The fourth-order valence-corrected chi connectivity index (χ4v) is 5.30. The third-order valence-electron chi connectivity index (χ3n) is 6.91. The van der Waals surface area contributed by atoms with E-state index in [4.69, 9.17) is 10.7 Å². The first-order chi connectivity index (χ1) is 17.7. The van der Waals surface area contributed by atoms with Crippen molar-refractivity contribution in [3.8, 4) is 22.5 Å². The van der Waals surface area contributed by atoms with Crippen LogP contribution >= 0.6 is 0 Å². The van der Waals surface area contributed by atoms with Gasteiger partial charge in [0.25, 0.3) is 5.91 Å². The summed E-state index contributed by atoms with van der Waals surface area (Å²) in [7, 11) is 0. The molecule has 1 aliphatic carbocycles. The van der Waals surface area contributed by atoms with Crippen molar-refractivity contribution in [2.75, 3.05) is 5.73 Å². The Morgan fingerprint density at radius 2 is 1.72 bits per heavy atom. The van der Waals surface area contributed by atoms with E-state index in [9.17, 15) is 4.79 Å². The number of benzene rings is 4. The number of rotatable bonds is 3. The summed E-state index contributed by atoms with van der Waals surface area (Å²) in [5.74, 6) is 0.654. The summed E-state index contributed by atoms with van der Waals surface area (Å²) < 4.78 is 0. The zero-order valence-corrected chi connectivity index (χ0v) is 19.2. The molecule has 0 bridgehead atoms. The smallest absolute Gasteiger partial charge is 0.252 e. The molecule has 1 unspecified atom stereocenters. The van der Waals surface area contributed by atoms with Crippen molar-refractivity contribution in [3.63, 3.8) is 0 Å². The number of carbonyl (C=O) groups is 1. The molecule has 6 nitrogen and oxygen atoms in total. The van der Waals surface area contributed by atoms with Gasteiger partial charge in [-0.2, -0.15) is 0 Å². The van der Waals surface area contributed by atoms with Crippen molar-refractivity contribution in [3.05, 3.63) is 114 Å². The SMILES string of the molecule is Nc1ccc2c(C(=O)NC3c4ccccc4-c4c(-c5nc6ccncc6[nH]5)cccc43)cccc2c1. The number of anilines is 1. The first kappa shape index (κ1) is 20.4. The van der Waals surface area contributed by atoms with Crippen molar-refractivity contribution in [1.29, 1.82) is 0 Å². The summed E-state index contributed by atoms with van der Waals surface area (Å²) in [6.07, 6.45) is 3.52. The molecule has 0 saturated heterocycles. The Morgan fingerprint density at radius 1 is 0.889 bits per heavy atom.